The molecule has 3 rings (SSSR count). The second-order valence-corrected chi connectivity index (χ2v) is 7.94. The van der Waals surface area contributed by atoms with Crippen molar-refractivity contribution in [3.8, 4) is 11.5 Å². The van der Waals surface area contributed by atoms with Gasteiger partial charge < -0.3 is 14.8 Å². The first kappa shape index (κ1) is 25.6. The van der Waals surface area contributed by atoms with E-state index in [0.717, 1.165) is 10.5 Å². The van der Waals surface area contributed by atoms with E-state index < -0.39 is 23.6 Å². The first-order valence-electron chi connectivity index (χ1n) is 10.5. The number of nitrogens with zero attached hydrogens (tertiary/aromatic N) is 1. The summed E-state index contributed by atoms with van der Waals surface area (Å²) < 4.78 is 25.1. The fourth-order valence-corrected chi connectivity index (χ4v) is 3.08. The van der Waals surface area contributed by atoms with E-state index in [1.54, 1.807) is 49.4 Å². The fraction of sp³-hybridized carbons (Fsp3) is 0.120. The lowest BCUT2D eigenvalue weighted by atomic mass is 10.2. The van der Waals surface area contributed by atoms with Crippen molar-refractivity contribution >= 4 is 39.9 Å². The van der Waals surface area contributed by atoms with Gasteiger partial charge in [0.15, 0.2) is 11.5 Å². The van der Waals surface area contributed by atoms with Gasteiger partial charge in [-0.3, -0.25) is 9.59 Å². The maximum Gasteiger partial charge on any atom is 0.343 e. The molecule has 0 saturated heterocycles. The van der Waals surface area contributed by atoms with E-state index in [2.05, 4.69) is 31.8 Å². The van der Waals surface area contributed by atoms with E-state index >= 15 is 0 Å². The number of hydrogen-bond donors (Lipinski definition) is 2. The highest BCUT2D eigenvalue weighted by atomic mass is 79.9. The van der Waals surface area contributed by atoms with Crippen LogP contribution < -0.4 is 20.2 Å². The third kappa shape index (κ3) is 7.75. The maximum absolute atomic E-state index is 13.2. The predicted molar refractivity (Wildman–Crippen MR) is 131 cm³/mol. The molecule has 10 heteroatoms. The zero-order valence-corrected chi connectivity index (χ0v) is 20.2. The van der Waals surface area contributed by atoms with Crippen LogP contribution in [0.4, 0.5) is 4.39 Å². The van der Waals surface area contributed by atoms with Crippen LogP contribution in [0.5, 0.6) is 11.5 Å². The fourth-order valence-electron chi connectivity index (χ4n) is 2.81. The molecular formula is C25H21BrFN3O5. The van der Waals surface area contributed by atoms with Gasteiger partial charge in [-0.2, -0.15) is 5.10 Å². The van der Waals surface area contributed by atoms with Crippen molar-refractivity contribution in [2.45, 2.75) is 6.92 Å². The number of amides is 2. The Hall–Kier alpha value is -4.05. The molecular weight excluding hydrogens is 521 g/mol. The summed E-state index contributed by atoms with van der Waals surface area (Å²) >= 11 is 3.32. The average molecular weight is 542 g/mol. The van der Waals surface area contributed by atoms with E-state index in [1.165, 1.54) is 24.4 Å². The summed E-state index contributed by atoms with van der Waals surface area (Å²) in [6.45, 7) is 1.78. The predicted octanol–water partition coefficient (Wildman–Crippen LogP) is 4.09. The Kier molecular flexibility index (Phi) is 9.08. The van der Waals surface area contributed by atoms with Gasteiger partial charge in [0.05, 0.1) is 24.9 Å². The van der Waals surface area contributed by atoms with Crippen molar-refractivity contribution in [2.24, 2.45) is 5.10 Å². The van der Waals surface area contributed by atoms with Crippen LogP contribution in [0.1, 0.15) is 33.2 Å². The van der Waals surface area contributed by atoms with Crippen LogP contribution in [0.3, 0.4) is 0 Å². The van der Waals surface area contributed by atoms with Crippen LogP contribution in [0.25, 0.3) is 0 Å². The number of ether oxygens (including phenoxy) is 2. The summed E-state index contributed by atoms with van der Waals surface area (Å²) in [6.07, 6.45) is 1.37. The van der Waals surface area contributed by atoms with Gasteiger partial charge in [-0.25, -0.2) is 14.6 Å². The topological polar surface area (TPSA) is 106 Å². The highest BCUT2D eigenvalue weighted by Gasteiger charge is 2.13. The van der Waals surface area contributed by atoms with Gasteiger partial charge >= 0.3 is 5.97 Å². The lowest BCUT2D eigenvalue weighted by Gasteiger charge is -2.11. The standard InChI is InChI=1S/C25H21BrFN3O5/c1-2-34-22-12-16(6-11-21(22)35-25(33)17-7-9-19(26)10-8-17)14-29-30-23(31)15-28-24(32)18-4-3-5-20(27)13-18/h3-14H,2,15H2,1H3,(H,28,32)(H,30,31)/b29-14-. The number of esters is 1. The lowest BCUT2D eigenvalue weighted by molar-refractivity contribution is -0.120. The molecule has 0 heterocycles. The Morgan fingerprint density at radius 3 is 2.49 bits per heavy atom. The first-order valence-corrected chi connectivity index (χ1v) is 11.2. The lowest BCUT2D eigenvalue weighted by Crippen LogP contribution is -2.34. The van der Waals surface area contributed by atoms with Crippen molar-refractivity contribution in [3.05, 3.63) is 93.7 Å². The number of rotatable bonds is 9. The Morgan fingerprint density at radius 1 is 1.00 bits per heavy atom. The van der Waals surface area contributed by atoms with E-state index in [0.29, 0.717) is 23.5 Å². The van der Waals surface area contributed by atoms with Crippen molar-refractivity contribution in [3.63, 3.8) is 0 Å². The van der Waals surface area contributed by atoms with E-state index in [9.17, 15) is 18.8 Å². The molecule has 0 unspecified atom stereocenters. The number of benzene rings is 3. The molecule has 0 aliphatic carbocycles. The van der Waals surface area contributed by atoms with Crippen LogP contribution in [-0.4, -0.2) is 37.1 Å². The SMILES string of the molecule is CCOc1cc(/C=N\NC(=O)CNC(=O)c2cccc(F)c2)ccc1OC(=O)c1ccc(Br)cc1. The van der Waals surface area contributed by atoms with Gasteiger partial charge in [0, 0.05) is 10.0 Å². The summed E-state index contributed by atoms with van der Waals surface area (Å²) in [5, 5.41) is 6.23. The van der Waals surface area contributed by atoms with Gasteiger partial charge in [-0.05, 0) is 73.2 Å². The minimum absolute atomic E-state index is 0.102. The van der Waals surface area contributed by atoms with Crippen LogP contribution in [0.2, 0.25) is 0 Å². The highest BCUT2D eigenvalue weighted by Crippen LogP contribution is 2.29. The molecule has 0 bridgehead atoms. The molecule has 0 fully saturated rings. The minimum Gasteiger partial charge on any atom is -0.490 e. The van der Waals surface area contributed by atoms with Crippen LogP contribution in [0.15, 0.2) is 76.3 Å². The van der Waals surface area contributed by atoms with Gasteiger partial charge in [0.25, 0.3) is 11.8 Å². The summed E-state index contributed by atoms with van der Waals surface area (Å²) in [6, 6.07) is 16.7. The first-order chi connectivity index (χ1) is 16.9. The molecule has 0 spiro atoms. The Bertz CT molecular complexity index is 1250. The Morgan fingerprint density at radius 2 is 1.77 bits per heavy atom. The average Bonchev–Trinajstić information content (AvgIpc) is 2.84. The molecule has 3 aromatic rings. The maximum atomic E-state index is 13.2. The second kappa shape index (κ2) is 12.4. The molecule has 0 aliphatic heterocycles. The molecule has 180 valence electrons. The molecule has 0 aliphatic rings. The van der Waals surface area contributed by atoms with Gasteiger partial charge in [-0.15, -0.1) is 0 Å². The number of carbonyl (C=O) groups excluding carboxylic acids is 3. The summed E-state index contributed by atoms with van der Waals surface area (Å²) in [5.41, 5.74) is 3.34. The molecule has 0 aromatic heterocycles. The van der Waals surface area contributed by atoms with E-state index in [1.807, 2.05) is 0 Å². The molecule has 0 atom stereocenters. The third-order valence-corrected chi connectivity index (χ3v) is 4.98. The quantitative estimate of drug-likeness (QED) is 0.184. The molecule has 35 heavy (non-hydrogen) atoms. The van der Waals surface area contributed by atoms with Crippen LogP contribution in [-0.2, 0) is 4.79 Å². The number of halogens is 2. The number of hydrogen-bond acceptors (Lipinski definition) is 6. The molecule has 0 saturated carbocycles. The Balaban J connectivity index is 1.57. The monoisotopic (exact) mass is 541 g/mol. The smallest absolute Gasteiger partial charge is 0.343 e. The van der Waals surface area contributed by atoms with Crippen LogP contribution in [0, 0.1) is 5.82 Å². The highest BCUT2D eigenvalue weighted by molar-refractivity contribution is 9.10. The van der Waals surface area contributed by atoms with Crippen molar-refractivity contribution in [1.29, 1.82) is 0 Å². The summed E-state index contributed by atoms with van der Waals surface area (Å²) in [5.74, 6) is -1.68. The Labute approximate surface area is 209 Å². The van der Waals surface area contributed by atoms with E-state index in [4.69, 9.17) is 9.47 Å². The molecule has 8 nitrogen and oxygen atoms in total. The molecule has 2 N–H and O–H groups in total. The van der Waals surface area contributed by atoms with Crippen LogP contribution >= 0.6 is 15.9 Å². The number of carbonyl (C=O) groups is 3. The minimum atomic E-state index is -0.585. The zero-order valence-electron chi connectivity index (χ0n) is 18.6. The van der Waals surface area contributed by atoms with Gasteiger partial charge in [-0.1, -0.05) is 22.0 Å². The van der Waals surface area contributed by atoms with E-state index in [-0.39, 0.29) is 17.9 Å². The largest absolute Gasteiger partial charge is 0.490 e. The van der Waals surface area contributed by atoms with Crippen molar-refractivity contribution in [2.75, 3.05) is 13.2 Å². The van der Waals surface area contributed by atoms with Crippen molar-refractivity contribution < 1.29 is 28.2 Å². The zero-order chi connectivity index (χ0) is 25.2. The summed E-state index contributed by atoms with van der Waals surface area (Å²) in [7, 11) is 0. The molecule has 0 radical (unpaired) electrons. The second-order valence-electron chi connectivity index (χ2n) is 7.02. The van der Waals surface area contributed by atoms with Gasteiger partial charge in [0.1, 0.15) is 5.82 Å². The number of hydrazone groups is 1. The molecule has 2 amide bonds. The van der Waals surface area contributed by atoms with Crippen molar-refractivity contribution in [1.82, 2.24) is 10.7 Å². The summed E-state index contributed by atoms with van der Waals surface area (Å²) in [4.78, 5) is 36.3. The third-order valence-electron chi connectivity index (χ3n) is 4.45. The number of nitrogens with one attached hydrogen (secondary N) is 2. The van der Waals surface area contributed by atoms with Gasteiger partial charge in [0.2, 0.25) is 0 Å². The molecule has 3 aromatic carbocycles. The normalized spacial score (nSPS) is 10.6.